The fourth-order valence-corrected chi connectivity index (χ4v) is 3.19. The molecule has 2 rings (SSSR count). The molecule has 3 atom stereocenters. The molecule has 20 heavy (non-hydrogen) atoms. The van der Waals surface area contributed by atoms with Gasteiger partial charge in [-0.1, -0.05) is 51.1 Å². The smallest absolute Gasteiger partial charge is 0.0947 e. The number of aliphatic hydroxyl groups excluding tert-OH is 1. The molecular weight excluding hydrogens is 250 g/mol. The lowest BCUT2D eigenvalue weighted by molar-refractivity contribution is -0.0737. The topological polar surface area (TPSA) is 32.7 Å². The molecule has 1 N–H and O–H groups in total. The van der Waals surface area contributed by atoms with E-state index in [4.69, 9.17) is 4.74 Å². The van der Waals surface area contributed by atoms with Crippen LogP contribution < -0.4 is 0 Å². The summed E-state index contributed by atoms with van der Waals surface area (Å²) in [5.74, 6) is 0.400. The Balaban J connectivity index is 2.21. The van der Waals surface area contributed by atoms with Crippen LogP contribution >= 0.6 is 0 Å². The Kier molecular flexibility index (Phi) is 5.58. The lowest BCUT2D eigenvalue weighted by Crippen LogP contribution is -2.54. The van der Waals surface area contributed by atoms with Gasteiger partial charge in [0.15, 0.2) is 0 Å². The van der Waals surface area contributed by atoms with Gasteiger partial charge in [-0.3, -0.25) is 4.90 Å². The molecule has 0 aromatic heterocycles. The van der Waals surface area contributed by atoms with E-state index in [1.54, 1.807) is 0 Å². The molecule has 3 heteroatoms. The van der Waals surface area contributed by atoms with Gasteiger partial charge in [0.25, 0.3) is 0 Å². The molecule has 1 saturated heterocycles. The first kappa shape index (κ1) is 15.5. The van der Waals surface area contributed by atoms with E-state index in [0.29, 0.717) is 12.0 Å². The third-order valence-electron chi connectivity index (χ3n) is 4.27. The van der Waals surface area contributed by atoms with Crippen molar-refractivity contribution in [3.8, 4) is 0 Å². The molecular formula is C17H27NO2. The number of benzene rings is 1. The van der Waals surface area contributed by atoms with E-state index in [2.05, 4.69) is 25.7 Å². The second kappa shape index (κ2) is 7.21. The van der Waals surface area contributed by atoms with Crippen LogP contribution in [0.25, 0.3) is 0 Å². The van der Waals surface area contributed by atoms with Crippen LogP contribution in [0.15, 0.2) is 30.3 Å². The highest BCUT2D eigenvalue weighted by Gasteiger charge is 2.35. The molecule has 1 fully saturated rings. The lowest BCUT2D eigenvalue weighted by Gasteiger charge is -2.44. The van der Waals surface area contributed by atoms with Gasteiger partial charge in [-0.2, -0.15) is 0 Å². The molecule has 0 saturated carbocycles. The molecule has 3 nitrogen and oxygen atoms in total. The highest BCUT2D eigenvalue weighted by atomic mass is 16.5. The Hall–Kier alpha value is -0.900. The molecule has 0 bridgehead atoms. The number of ether oxygens (including phenoxy) is 1. The first-order valence-corrected chi connectivity index (χ1v) is 7.71. The van der Waals surface area contributed by atoms with E-state index < -0.39 is 6.10 Å². The van der Waals surface area contributed by atoms with Crippen LogP contribution in [0.5, 0.6) is 0 Å². The zero-order chi connectivity index (χ0) is 14.5. The molecule has 0 spiro atoms. The number of aliphatic hydroxyl groups is 1. The van der Waals surface area contributed by atoms with Crippen molar-refractivity contribution in [1.82, 2.24) is 4.90 Å². The minimum absolute atomic E-state index is 0.145. The van der Waals surface area contributed by atoms with Crippen LogP contribution in [0.2, 0.25) is 0 Å². The maximum atomic E-state index is 10.8. The van der Waals surface area contributed by atoms with Gasteiger partial charge < -0.3 is 9.84 Å². The lowest BCUT2D eigenvalue weighted by atomic mass is 9.90. The van der Waals surface area contributed by atoms with Crippen molar-refractivity contribution >= 4 is 0 Å². The van der Waals surface area contributed by atoms with Crippen LogP contribution in [-0.2, 0) is 4.74 Å². The monoisotopic (exact) mass is 277 g/mol. The van der Waals surface area contributed by atoms with E-state index in [9.17, 15) is 5.11 Å². The quantitative estimate of drug-likeness (QED) is 0.898. The van der Waals surface area contributed by atoms with Gasteiger partial charge in [-0.25, -0.2) is 0 Å². The summed E-state index contributed by atoms with van der Waals surface area (Å²) in [6, 6.07) is 10.6. The van der Waals surface area contributed by atoms with Gasteiger partial charge in [-0.15, -0.1) is 0 Å². The van der Waals surface area contributed by atoms with Gasteiger partial charge >= 0.3 is 0 Å². The SMILES string of the molecule is CCC1COCCN1C(C(C)C)C(O)c1ccccc1. The summed E-state index contributed by atoms with van der Waals surface area (Å²) in [4.78, 5) is 2.45. The predicted molar refractivity (Wildman–Crippen MR) is 81.6 cm³/mol. The number of nitrogens with zero attached hydrogens (tertiary/aromatic N) is 1. The third-order valence-corrected chi connectivity index (χ3v) is 4.27. The Morgan fingerprint density at radius 1 is 1.30 bits per heavy atom. The molecule has 0 amide bonds. The largest absolute Gasteiger partial charge is 0.387 e. The Morgan fingerprint density at radius 2 is 2.00 bits per heavy atom. The van der Waals surface area contributed by atoms with Crippen molar-refractivity contribution in [3.63, 3.8) is 0 Å². The standard InChI is InChI=1S/C17H27NO2/c1-4-15-12-20-11-10-18(15)16(13(2)3)17(19)14-8-6-5-7-9-14/h5-9,13,15-17,19H,4,10-12H2,1-3H3. The Morgan fingerprint density at radius 3 is 2.60 bits per heavy atom. The molecule has 0 aliphatic carbocycles. The Labute approximate surface area is 122 Å². The molecule has 1 aliphatic rings. The summed E-state index contributed by atoms with van der Waals surface area (Å²) in [7, 11) is 0. The maximum absolute atomic E-state index is 10.8. The molecule has 112 valence electrons. The molecule has 1 aromatic rings. The van der Waals surface area contributed by atoms with E-state index >= 15 is 0 Å². The average molecular weight is 277 g/mol. The third kappa shape index (κ3) is 3.40. The van der Waals surface area contributed by atoms with Crippen molar-refractivity contribution in [2.24, 2.45) is 5.92 Å². The summed E-state index contributed by atoms with van der Waals surface area (Å²) in [5.41, 5.74) is 1.01. The van der Waals surface area contributed by atoms with Crippen LogP contribution in [0.4, 0.5) is 0 Å². The Bertz CT molecular complexity index is 393. The van der Waals surface area contributed by atoms with Crippen molar-refractivity contribution in [2.75, 3.05) is 19.8 Å². The zero-order valence-corrected chi connectivity index (χ0v) is 12.8. The van der Waals surface area contributed by atoms with Crippen LogP contribution in [0.3, 0.4) is 0 Å². The summed E-state index contributed by atoms with van der Waals surface area (Å²) < 4.78 is 5.60. The van der Waals surface area contributed by atoms with Gasteiger partial charge in [0.05, 0.1) is 19.3 Å². The van der Waals surface area contributed by atoms with Gasteiger partial charge in [0.2, 0.25) is 0 Å². The number of rotatable bonds is 5. The summed E-state index contributed by atoms with van der Waals surface area (Å²) in [6.07, 6.45) is 0.619. The van der Waals surface area contributed by atoms with E-state index in [1.807, 2.05) is 30.3 Å². The molecule has 1 aromatic carbocycles. The van der Waals surface area contributed by atoms with Crippen LogP contribution in [-0.4, -0.2) is 41.8 Å². The number of morpholine rings is 1. The fourth-order valence-electron chi connectivity index (χ4n) is 3.19. The molecule has 3 unspecified atom stereocenters. The average Bonchev–Trinajstić information content (AvgIpc) is 2.48. The second-order valence-electron chi connectivity index (χ2n) is 5.96. The van der Waals surface area contributed by atoms with Crippen LogP contribution in [0, 0.1) is 5.92 Å². The van der Waals surface area contributed by atoms with Crippen molar-refractivity contribution in [1.29, 1.82) is 0 Å². The summed E-state index contributed by atoms with van der Waals surface area (Å²) in [5, 5.41) is 10.8. The minimum Gasteiger partial charge on any atom is -0.387 e. The van der Waals surface area contributed by atoms with E-state index in [0.717, 1.165) is 31.7 Å². The molecule has 0 radical (unpaired) electrons. The van der Waals surface area contributed by atoms with Gasteiger partial charge in [0, 0.05) is 18.6 Å². The van der Waals surface area contributed by atoms with Crippen molar-refractivity contribution in [2.45, 2.75) is 45.4 Å². The summed E-state index contributed by atoms with van der Waals surface area (Å²) in [6.45, 7) is 9.03. The first-order valence-electron chi connectivity index (χ1n) is 7.71. The van der Waals surface area contributed by atoms with Gasteiger partial charge in [0.1, 0.15) is 0 Å². The highest BCUT2D eigenvalue weighted by Crippen LogP contribution is 2.29. The number of hydrogen-bond donors (Lipinski definition) is 1. The normalized spacial score (nSPS) is 23.8. The van der Waals surface area contributed by atoms with Crippen molar-refractivity contribution < 1.29 is 9.84 Å². The minimum atomic E-state index is -0.441. The zero-order valence-electron chi connectivity index (χ0n) is 12.8. The second-order valence-corrected chi connectivity index (χ2v) is 5.96. The maximum Gasteiger partial charge on any atom is 0.0947 e. The highest BCUT2D eigenvalue weighted by molar-refractivity contribution is 5.19. The van der Waals surface area contributed by atoms with E-state index in [1.165, 1.54) is 0 Å². The first-order chi connectivity index (χ1) is 9.65. The van der Waals surface area contributed by atoms with Crippen molar-refractivity contribution in [3.05, 3.63) is 35.9 Å². The number of hydrogen-bond acceptors (Lipinski definition) is 3. The molecule has 1 aliphatic heterocycles. The van der Waals surface area contributed by atoms with Crippen LogP contribution in [0.1, 0.15) is 38.9 Å². The van der Waals surface area contributed by atoms with Gasteiger partial charge in [-0.05, 0) is 17.9 Å². The predicted octanol–water partition coefficient (Wildman–Crippen LogP) is 2.86. The fraction of sp³-hybridized carbons (Fsp3) is 0.647. The molecule has 1 heterocycles. The van der Waals surface area contributed by atoms with E-state index in [-0.39, 0.29) is 6.04 Å². The summed E-state index contributed by atoms with van der Waals surface area (Å²) >= 11 is 0.